The number of hydrogen-bond donors (Lipinski definition) is 2. The molecular weight excluding hydrogens is 248 g/mol. The Hall–Kier alpha value is -0.900. The van der Waals surface area contributed by atoms with Gasteiger partial charge in [-0.25, -0.2) is 0 Å². The zero-order valence-corrected chi connectivity index (χ0v) is 12.8. The first kappa shape index (κ1) is 15.5. The van der Waals surface area contributed by atoms with Gasteiger partial charge < -0.3 is 15.4 Å². The van der Waals surface area contributed by atoms with E-state index in [1.165, 1.54) is 43.4 Å². The third-order valence-corrected chi connectivity index (χ3v) is 4.01. The summed E-state index contributed by atoms with van der Waals surface area (Å²) in [6.07, 6.45) is 5.27. The number of rotatable bonds is 7. The summed E-state index contributed by atoms with van der Waals surface area (Å²) in [5, 5.41) is 7.25. The van der Waals surface area contributed by atoms with Crippen LogP contribution in [0, 0.1) is 0 Å². The number of piperidine rings is 1. The lowest BCUT2D eigenvalue weighted by atomic mass is 9.98. The molecule has 2 atom stereocenters. The molecule has 20 heavy (non-hydrogen) atoms. The Labute approximate surface area is 123 Å². The lowest BCUT2D eigenvalue weighted by molar-refractivity contribution is 0.185. The molecule has 0 bridgehead atoms. The van der Waals surface area contributed by atoms with Gasteiger partial charge >= 0.3 is 0 Å². The van der Waals surface area contributed by atoms with Crippen molar-refractivity contribution in [2.45, 2.75) is 57.8 Å². The molecule has 1 saturated heterocycles. The van der Waals surface area contributed by atoms with Crippen LogP contribution in [-0.4, -0.2) is 25.7 Å². The molecule has 2 rings (SSSR count). The zero-order valence-electron chi connectivity index (χ0n) is 12.8. The van der Waals surface area contributed by atoms with Crippen molar-refractivity contribution >= 4 is 0 Å². The second-order valence-electron chi connectivity index (χ2n) is 5.92. The minimum absolute atomic E-state index is 0.552. The molecule has 0 radical (unpaired) electrons. The van der Waals surface area contributed by atoms with Crippen LogP contribution in [0.4, 0.5) is 0 Å². The van der Waals surface area contributed by atoms with Gasteiger partial charge in [0.05, 0.1) is 6.61 Å². The number of ether oxygens (including phenoxy) is 1. The number of nitrogens with one attached hydrogen (secondary N) is 2. The van der Waals surface area contributed by atoms with E-state index >= 15 is 0 Å². The van der Waals surface area contributed by atoms with E-state index in [4.69, 9.17) is 4.74 Å². The van der Waals surface area contributed by atoms with Crippen molar-refractivity contribution in [2.24, 2.45) is 0 Å². The summed E-state index contributed by atoms with van der Waals surface area (Å²) in [6, 6.07) is 9.88. The van der Waals surface area contributed by atoms with Crippen LogP contribution >= 0.6 is 0 Å². The van der Waals surface area contributed by atoms with Crippen molar-refractivity contribution in [3.8, 4) is 0 Å². The van der Waals surface area contributed by atoms with Crippen LogP contribution < -0.4 is 10.6 Å². The molecule has 3 heteroatoms. The molecule has 1 aromatic carbocycles. The van der Waals surface area contributed by atoms with Gasteiger partial charge in [-0.05, 0) is 43.9 Å². The van der Waals surface area contributed by atoms with Crippen molar-refractivity contribution in [1.82, 2.24) is 10.6 Å². The van der Waals surface area contributed by atoms with Gasteiger partial charge in [0.1, 0.15) is 0 Å². The fourth-order valence-electron chi connectivity index (χ4n) is 2.92. The summed E-state index contributed by atoms with van der Waals surface area (Å²) >= 11 is 0. The van der Waals surface area contributed by atoms with Crippen LogP contribution in [0.2, 0.25) is 0 Å². The van der Waals surface area contributed by atoms with Crippen LogP contribution in [0.25, 0.3) is 0 Å². The van der Waals surface area contributed by atoms with Gasteiger partial charge in [-0.2, -0.15) is 0 Å². The van der Waals surface area contributed by atoms with Crippen molar-refractivity contribution in [1.29, 1.82) is 0 Å². The Morgan fingerprint density at radius 2 is 2.20 bits per heavy atom. The van der Waals surface area contributed by atoms with Gasteiger partial charge in [-0.3, -0.25) is 0 Å². The Kier molecular flexibility index (Phi) is 6.51. The monoisotopic (exact) mass is 276 g/mol. The maximum Gasteiger partial charge on any atom is 0.0713 e. The lowest BCUT2D eigenvalue weighted by Gasteiger charge is -2.26. The van der Waals surface area contributed by atoms with Gasteiger partial charge in [-0.1, -0.05) is 30.7 Å². The molecule has 1 fully saturated rings. The predicted molar refractivity (Wildman–Crippen MR) is 83.7 cm³/mol. The summed E-state index contributed by atoms with van der Waals surface area (Å²) < 4.78 is 5.18. The third kappa shape index (κ3) is 5.23. The molecule has 0 saturated carbocycles. The van der Waals surface area contributed by atoms with Crippen LogP contribution in [-0.2, 0) is 17.9 Å². The van der Waals surface area contributed by atoms with E-state index in [0.29, 0.717) is 18.7 Å². The van der Waals surface area contributed by atoms with Gasteiger partial charge in [0.15, 0.2) is 0 Å². The maximum absolute atomic E-state index is 5.18. The molecule has 112 valence electrons. The SMILES string of the molecule is COCc1cccc(CNC(C)CC2CCCCN2)c1. The summed E-state index contributed by atoms with van der Waals surface area (Å²) in [7, 11) is 1.74. The zero-order chi connectivity index (χ0) is 14.2. The molecular formula is C17H28N2O. The second-order valence-corrected chi connectivity index (χ2v) is 5.92. The Bertz CT molecular complexity index is 388. The molecule has 0 aromatic heterocycles. The first-order valence-electron chi connectivity index (χ1n) is 7.81. The molecule has 2 N–H and O–H groups in total. The minimum Gasteiger partial charge on any atom is -0.380 e. The summed E-state index contributed by atoms with van der Waals surface area (Å²) in [4.78, 5) is 0. The van der Waals surface area contributed by atoms with E-state index in [1.807, 2.05) is 0 Å². The normalized spacial score (nSPS) is 20.8. The third-order valence-electron chi connectivity index (χ3n) is 4.01. The van der Waals surface area contributed by atoms with E-state index in [9.17, 15) is 0 Å². The van der Waals surface area contributed by atoms with E-state index in [0.717, 1.165) is 6.54 Å². The molecule has 1 aliphatic heterocycles. The topological polar surface area (TPSA) is 33.3 Å². The Morgan fingerprint density at radius 1 is 1.35 bits per heavy atom. The molecule has 0 aliphatic carbocycles. The first-order valence-corrected chi connectivity index (χ1v) is 7.81. The quantitative estimate of drug-likeness (QED) is 0.803. The highest BCUT2D eigenvalue weighted by Crippen LogP contribution is 2.12. The second kappa shape index (κ2) is 8.40. The maximum atomic E-state index is 5.18. The van der Waals surface area contributed by atoms with E-state index in [-0.39, 0.29) is 0 Å². The molecule has 3 nitrogen and oxygen atoms in total. The summed E-state index contributed by atoms with van der Waals surface area (Å²) in [5.74, 6) is 0. The molecule has 1 aliphatic rings. The van der Waals surface area contributed by atoms with E-state index in [1.54, 1.807) is 7.11 Å². The fourth-order valence-corrected chi connectivity index (χ4v) is 2.92. The Balaban J connectivity index is 1.74. The number of methoxy groups -OCH3 is 1. The molecule has 0 spiro atoms. The van der Waals surface area contributed by atoms with Crippen molar-refractivity contribution in [2.75, 3.05) is 13.7 Å². The highest BCUT2D eigenvalue weighted by atomic mass is 16.5. The van der Waals surface area contributed by atoms with E-state index < -0.39 is 0 Å². The van der Waals surface area contributed by atoms with Crippen molar-refractivity contribution < 1.29 is 4.74 Å². The van der Waals surface area contributed by atoms with Crippen molar-refractivity contribution in [3.05, 3.63) is 35.4 Å². The average molecular weight is 276 g/mol. The number of hydrogen-bond acceptors (Lipinski definition) is 3. The van der Waals surface area contributed by atoms with Crippen molar-refractivity contribution in [3.63, 3.8) is 0 Å². The smallest absolute Gasteiger partial charge is 0.0713 e. The molecule has 0 amide bonds. The number of benzene rings is 1. The van der Waals surface area contributed by atoms with Crippen LogP contribution in [0.15, 0.2) is 24.3 Å². The minimum atomic E-state index is 0.552. The van der Waals surface area contributed by atoms with Crippen LogP contribution in [0.1, 0.15) is 43.7 Å². The van der Waals surface area contributed by atoms with Gasteiger partial charge in [0.25, 0.3) is 0 Å². The van der Waals surface area contributed by atoms with Crippen LogP contribution in [0.5, 0.6) is 0 Å². The highest BCUT2D eigenvalue weighted by Gasteiger charge is 2.15. The van der Waals surface area contributed by atoms with Gasteiger partial charge in [0, 0.05) is 25.7 Å². The first-order chi connectivity index (χ1) is 9.78. The molecule has 2 unspecified atom stereocenters. The molecule has 1 aromatic rings. The summed E-state index contributed by atoms with van der Waals surface area (Å²) in [5.41, 5.74) is 2.58. The fraction of sp³-hybridized carbons (Fsp3) is 0.647. The lowest BCUT2D eigenvalue weighted by Crippen LogP contribution is -2.39. The highest BCUT2D eigenvalue weighted by molar-refractivity contribution is 5.22. The summed E-state index contributed by atoms with van der Waals surface area (Å²) in [6.45, 7) is 5.10. The largest absolute Gasteiger partial charge is 0.380 e. The predicted octanol–water partition coefficient (Wildman–Crippen LogP) is 2.84. The van der Waals surface area contributed by atoms with Gasteiger partial charge in [0.2, 0.25) is 0 Å². The average Bonchev–Trinajstić information content (AvgIpc) is 2.47. The molecule has 1 heterocycles. The standard InChI is InChI=1S/C17H28N2O/c1-14(10-17-8-3-4-9-18-17)19-12-15-6-5-7-16(11-15)13-20-2/h5-7,11,14,17-19H,3-4,8-10,12-13H2,1-2H3. The van der Waals surface area contributed by atoms with Gasteiger partial charge in [-0.15, -0.1) is 0 Å². The Morgan fingerprint density at radius 3 is 2.95 bits per heavy atom. The van der Waals surface area contributed by atoms with Crippen LogP contribution in [0.3, 0.4) is 0 Å². The van der Waals surface area contributed by atoms with E-state index in [2.05, 4.69) is 41.8 Å².